The van der Waals surface area contributed by atoms with Gasteiger partial charge in [0.1, 0.15) is 0 Å². The zero-order valence-electron chi connectivity index (χ0n) is 18.5. The normalized spacial score (nSPS) is 19.2. The molecule has 1 atom stereocenters. The van der Waals surface area contributed by atoms with Crippen LogP contribution >= 0.6 is 12.4 Å². The molecule has 0 aliphatic carbocycles. The second-order valence-corrected chi connectivity index (χ2v) is 8.26. The standard InChI is InChI=1S/C26H24N4O2.ClH/c1-17(31)30-14-13-20-15-19(11-12-23(20)30)18-7-6-10-22(16-18)26(21-8-4-3-5-9-21)24(32)29(2)25(27)28-26;/h3-12,15-16H,13-14H2,1-2H3,(H2,27,28);1H. The van der Waals surface area contributed by atoms with E-state index in [2.05, 4.69) is 11.1 Å². The van der Waals surface area contributed by atoms with E-state index >= 15 is 0 Å². The van der Waals surface area contributed by atoms with Gasteiger partial charge in [-0.3, -0.25) is 14.5 Å². The molecule has 5 rings (SSSR count). The maximum Gasteiger partial charge on any atom is 0.266 e. The molecule has 168 valence electrons. The zero-order chi connectivity index (χ0) is 22.5. The fourth-order valence-electron chi connectivity index (χ4n) is 4.70. The van der Waals surface area contributed by atoms with Crippen molar-refractivity contribution in [1.29, 1.82) is 0 Å². The molecular weight excluding hydrogens is 436 g/mol. The van der Waals surface area contributed by atoms with E-state index < -0.39 is 5.54 Å². The molecule has 2 N–H and O–H groups in total. The lowest BCUT2D eigenvalue weighted by Crippen LogP contribution is -2.41. The Morgan fingerprint density at radius 1 is 0.970 bits per heavy atom. The lowest BCUT2D eigenvalue weighted by Gasteiger charge is -2.26. The number of fused-ring (bicyclic) bond motifs is 1. The lowest BCUT2D eigenvalue weighted by molar-refractivity contribution is -0.129. The van der Waals surface area contributed by atoms with Gasteiger partial charge in [-0.15, -0.1) is 12.4 Å². The second-order valence-electron chi connectivity index (χ2n) is 8.26. The maximum absolute atomic E-state index is 13.4. The van der Waals surface area contributed by atoms with Gasteiger partial charge < -0.3 is 10.6 Å². The first-order valence-corrected chi connectivity index (χ1v) is 10.6. The SMILES string of the molecule is CC(=O)N1CCc2cc(-c3cccc(C4(c5ccccc5)N=C(N)N(C)C4=O)c3)ccc21.Cl. The number of carbonyl (C=O) groups excluding carboxylic acids is 2. The zero-order valence-corrected chi connectivity index (χ0v) is 19.3. The number of halogens is 1. The Balaban J connectivity index is 0.00000259. The third-order valence-corrected chi connectivity index (χ3v) is 6.40. The topological polar surface area (TPSA) is 79.0 Å². The Hall–Kier alpha value is -3.64. The molecule has 0 fully saturated rings. The lowest BCUT2D eigenvalue weighted by atomic mass is 9.81. The number of guanidine groups is 1. The van der Waals surface area contributed by atoms with Crippen molar-refractivity contribution >= 4 is 35.9 Å². The van der Waals surface area contributed by atoms with Crippen LogP contribution in [-0.4, -0.2) is 36.3 Å². The molecule has 2 aliphatic heterocycles. The highest BCUT2D eigenvalue weighted by atomic mass is 35.5. The van der Waals surface area contributed by atoms with Gasteiger partial charge in [0.25, 0.3) is 5.91 Å². The summed E-state index contributed by atoms with van der Waals surface area (Å²) in [6.45, 7) is 2.30. The van der Waals surface area contributed by atoms with Gasteiger partial charge >= 0.3 is 0 Å². The maximum atomic E-state index is 13.4. The average Bonchev–Trinajstić information content (AvgIpc) is 3.34. The third-order valence-electron chi connectivity index (χ3n) is 6.40. The molecule has 1 unspecified atom stereocenters. The molecule has 3 aromatic rings. The minimum Gasteiger partial charge on any atom is -0.369 e. The van der Waals surface area contributed by atoms with E-state index in [0.29, 0.717) is 6.54 Å². The fourth-order valence-corrected chi connectivity index (χ4v) is 4.70. The van der Waals surface area contributed by atoms with Gasteiger partial charge in [0, 0.05) is 26.2 Å². The van der Waals surface area contributed by atoms with Crippen molar-refractivity contribution in [1.82, 2.24) is 4.90 Å². The van der Waals surface area contributed by atoms with Crippen molar-refractivity contribution < 1.29 is 9.59 Å². The summed E-state index contributed by atoms with van der Waals surface area (Å²) in [4.78, 5) is 33.2. The molecule has 7 heteroatoms. The van der Waals surface area contributed by atoms with Crippen LogP contribution in [-0.2, 0) is 21.5 Å². The van der Waals surface area contributed by atoms with Gasteiger partial charge in [-0.2, -0.15) is 0 Å². The van der Waals surface area contributed by atoms with Crippen molar-refractivity contribution in [3.05, 3.63) is 89.5 Å². The molecule has 0 saturated heterocycles. The first-order valence-electron chi connectivity index (χ1n) is 10.6. The average molecular weight is 461 g/mol. The van der Waals surface area contributed by atoms with E-state index in [1.54, 1.807) is 14.0 Å². The highest BCUT2D eigenvalue weighted by Gasteiger charge is 2.49. The number of amides is 2. The monoisotopic (exact) mass is 460 g/mol. The van der Waals surface area contributed by atoms with Crippen LogP contribution in [0, 0.1) is 0 Å². The van der Waals surface area contributed by atoms with E-state index in [4.69, 9.17) is 5.73 Å². The molecule has 0 aromatic heterocycles. The number of aliphatic imine (C=N–C) groups is 1. The summed E-state index contributed by atoms with van der Waals surface area (Å²) in [6, 6.07) is 23.6. The Kier molecular flexibility index (Phi) is 5.72. The molecule has 6 nitrogen and oxygen atoms in total. The number of rotatable bonds is 3. The van der Waals surface area contributed by atoms with Crippen molar-refractivity contribution in [3.63, 3.8) is 0 Å². The summed E-state index contributed by atoms with van der Waals surface area (Å²) >= 11 is 0. The molecule has 2 aliphatic rings. The van der Waals surface area contributed by atoms with Crippen LogP contribution in [0.3, 0.4) is 0 Å². The van der Waals surface area contributed by atoms with Gasteiger partial charge in [0.15, 0.2) is 11.5 Å². The molecule has 2 amide bonds. The molecule has 0 radical (unpaired) electrons. The molecule has 2 heterocycles. The highest BCUT2D eigenvalue weighted by Crippen LogP contribution is 2.41. The summed E-state index contributed by atoms with van der Waals surface area (Å²) < 4.78 is 0. The number of nitrogens with two attached hydrogens (primary N) is 1. The second kappa shape index (κ2) is 8.37. The minimum atomic E-state index is -1.21. The quantitative estimate of drug-likeness (QED) is 0.647. The molecule has 0 spiro atoms. The predicted molar refractivity (Wildman–Crippen MR) is 132 cm³/mol. The number of anilines is 1. The summed E-state index contributed by atoms with van der Waals surface area (Å²) in [5.74, 6) is 0.0816. The van der Waals surface area contributed by atoms with E-state index in [-0.39, 0.29) is 30.2 Å². The number of carbonyl (C=O) groups is 2. The first-order chi connectivity index (χ1) is 15.4. The van der Waals surface area contributed by atoms with Crippen LogP contribution in [0.4, 0.5) is 5.69 Å². The summed E-state index contributed by atoms with van der Waals surface area (Å²) in [6.07, 6.45) is 0.834. The van der Waals surface area contributed by atoms with Gasteiger partial charge in [-0.25, -0.2) is 4.99 Å². The summed E-state index contributed by atoms with van der Waals surface area (Å²) in [5, 5.41) is 0. The Morgan fingerprint density at radius 3 is 2.33 bits per heavy atom. The molecule has 0 bridgehead atoms. The number of likely N-dealkylation sites (N-methyl/N-ethyl adjacent to an activating group) is 1. The largest absolute Gasteiger partial charge is 0.369 e. The number of nitrogens with zero attached hydrogens (tertiary/aromatic N) is 3. The van der Waals surface area contributed by atoms with Crippen molar-refractivity contribution in [2.75, 3.05) is 18.5 Å². The molecule has 33 heavy (non-hydrogen) atoms. The van der Waals surface area contributed by atoms with Gasteiger partial charge in [-0.1, -0.05) is 54.6 Å². The molecule has 3 aromatic carbocycles. The van der Waals surface area contributed by atoms with Crippen LogP contribution in [0.25, 0.3) is 11.1 Å². The third kappa shape index (κ3) is 3.47. The van der Waals surface area contributed by atoms with E-state index in [0.717, 1.165) is 39.9 Å². The van der Waals surface area contributed by atoms with Crippen LogP contribution in [0.5, 0.6) is 0 Å². The number of hydrogen-bond acceptors (Lipinski definition) is 4. The van der Waals surface area contributed by atoms with Crippen molar-refractivity contribution in [2.45, 2.75) is 18.9 Å². The Morgan fingerprint density at radius 2 is 1.67 bits per heavy atom. The predicted octanol–water partition coefficient (Wildman–Crippen LogP) is 3.71. The molecular formula is C26H25ClN4O2. The minimum absolute atomic E-state index is 0. The van der Waals surface area contributed by atoms with E-state index in [1.165, 1.54) is 4.90 Å². The fraction of sp³-hybridized carbons (Fsp3) is 0.192. The van der Waals surface area contributed by atoms with Crippen LogP contribution in [0.2, 0.25) is 0 Å². The highest BCUT2D eigenvalue weighted by molar-refractivity contribution is 6.09. The van der Waals surface area contributed by atoms with Crippen molar-refractivity contribution in [3.8, 4) is 11.1 Å². The van der Waals surface area contributed by atoms with Crippen LogP contribution in [0.15, 0.2) is 77.8 Å². The van der Waals surface area contributed by atoms with E-state index in [1.807, 2.05) is 71.6 Å². The van der Waals surface area contributed by atoms with Gasteiger partial charge in [0.05, 0.1) is 0 Å². The van der Waals surface area contributed by atoms with Crippen LogP contribution in [0.1, 0.15) is 23.6 Å². The van der Waals surface area contributed by atoms with Crippen LogP contribution < -0.4 is 10.6 Å². The first kappa shape index (κ1) is 22.6. The Bertz CT molecular complexity index is 1270. The molecule has 0 saturated carbocycles. The van der Waals surface area contributed by atoms with Gasteiger partial charge in [0.2, 0.25) is 5.91 Å². The Labute approximate surface area is 199 Å². The van der Waals surface area contributed by atoms with Gasteiger partial charge in [-0.05, 0) is 52.4 Å². The van der Waals surface area contributed by atoms with E-state index in [9.17, 15) is 9.59 Å². The summed E-state index contributed by atoms with van der Waals surface area (Å²) in [7, 11) is 1.65. The number of hydrogen-bond donors (Lipinski definition) is 1. The smallest absolute Gasteiger partial charge is 0.266 e. The summed E-state index contributed by atoms with van der Waals surface area (Å²) in [5.41, 5.74) is 10.6. The number of benzene rings is 3. The van der Waals surface area contributed by atoms with Crippen molar-refractivity contribution in [2.24, 2.45) is 10.7 Å².